The number of aryl methyl sites for hydroxylation is 1. The Bertz CT molecular complexity index is 1680. The number of fused-ring (bicyclic) bond motifs is 1. The quantitative estimate of drug-likeness (QED) is 0.196. The topological polar surface area (TPSA) is 127 Å². The van der Waals surface area contributed by atoms with E-state index in [0.29, 0.717) is 11.9 Å². The lowest BCUT2D eigenvalue weighted by molar-refractivity contribution is -0.127. The molecular weight excluding hydrogens is 556 g/mol. The van der Waals surface area contributed by atoms with Crippen LogP contribution < -0.4 is 10.5 Å². The summed E-state index contributed by atoms with van der Waals surface area (Å²) >= 11 is 0. The molecule has 10 nitrogen and oxygen atoms in total. The minimum absolute atomic E-state index is 0.0306. The van der Waals surface area contributed by atoms with Gasteiger partial charge in [0.2, 0.25) is 5.91 Å². The number of carbonyl (C=O) groups is 2. The van der Waals surface area contributed by atoms with Gasteiger partial charge in [-0.1, -0.05) is 42.8 Å². The fraction of sp³-hybridized carbons (Fsp3) is 0.294. The molecule has 2 saturated heterocycles. The zero-order valence-corrected chi connectivity index (χ0v) is 24.7. The van der Waals surface area contributed by atoms with Crippen LogP contribution in [0.3, 0.4) is 0 Å². The summed E-state index contributed by atoms with van der Waals surface area (Å²) in [6.07, 6.45) is 5.93. The Balaban J connectivity index is 0.00000123. The van der Waals surface area contributed by atoms with E-state index in [0.717, 1.165) is 84.8 Å². The number of ether oxygens (including phenoxy) is 1. The first-order valence-corrected chi connectivity index (χ1v) is 14.6. The summed E-state index contributed by atoms with van der Waals surface area (Å²) in [4.78, 5) is 33.6. The Morgan fingerprint density at radius 1 is 1.05 bits per heavy atom. The summed E-state index contributed by atoms with van der Waals surface area (Å²) < 4.78 is 8.02. The molecular formula is C34H36N6O4. The normalized spacial score (nSPS) is 16.8. The maximum atomic E-state index is 12.0. The molecule has 1 unspecified atom stereocenters. The van der Waals surface area contributed by atoms with Crippen LogP contribution in [0.4, 0.5) is 5.82 Å². The van der Waals surface area contributed by atoms with Gasteiger partial charge in [-0.25, -0.2) is 9.97 Å². The van der Waals surface area contributed by atoms with Gasteiger partial charge in [0, 0.05) is 44.2 Å². The van der Waals surface area contributed by atoms with Crippen molar-refractivity contribution in [2.45, 2.75) is 25.3 Å². The molecule has 2 aliphatic rings. The van der Waals surface area contributed by atoms with E-state index in [-0.39, 0.29) is 18.3 Å². The second-order valence-corrected chi connectivity index (χ2v) is 10.8. The van der Waals surface area contributed by atoms with Crippen molar-refractivity contribution in [3.63, 3.8) is 0 Å². The number of aromatic nitrogens is 3. The van der Waals surface area contributed by atoms with E-state index in [2.05, 4.69) is 33.3 Å². The molecule has 2 aromatic heterocycles. The fourth-order valence-corrected chi connectivity index (χ4v) is 6.00. The number of hydrogen-bond acceptors (Lipinski definition) is 7. The van der Waals surface area contributed by atoms with Gasteiger partial charge in [0.1, 0.15) is 35.0 Å². The highest BCUT2D eigenvalue weighted by Gasteiger charge is 2.31. The standard InChI is InChI=1S/C33H34N6O2.CH2O2/c1-3-29(40)38-19-16-25(17-20-38)39-18-15-23(21-39)9-14-28-30(31-32(34)35-22-36-33(31)37(28)2)24-10-12-27(13-11-24)41-26-7-5-4-6-8-26;2-1-3/h3-8,10-13,22-23,25H,1,15-21H2,2H3,(H2,34,35,36);1H,(H,2,3). The third kappa shape index (κ3) is 6.58. The second-order valence-electron chi connectivity index (χ2n) is 10.8. The number of para-hydroxylation sites is 1. The van der Waals surface area contributed by atoms with Gasteiger partial charge in [0.25, 0.3) is 6.47 Å². The number of anilines is 1. The highest BCUT2D eigenvalue weighted by Crippen LogP contribution is 2.37. The Kier molecular flexibility index (Phi) is 9.57. The Morgan fingerprint density at radius 3 is 2.41 bits per heavy atom. The van der Waals surface area contributed by atoms with Crippen molar-refractivity contribution in [2.24, 2.45) is 13.0 Å². The molecule has 44 heavy (non-hydrogen) atoms. The first-order valence-electron chi connectivity index (χ1n) is 14.6. The fourth-order valence-electron chi connectivity index (χ4n) is 6.00. The van der Waals surface area contributed by atoms with Gasteiger partial charge < -0.3 is 25.0 Å². The van der Waals surface area contributed by atoms with Crippen LogP contribution in [-0.4, -0.2) is 74.0 Å². The van der Waals surface area contributed by atoms with Crippen LogP contribution in [0.1, 0.15) is 25.0 Å². The van der Waals surface area contributed by atoms with E-state index in [1.165, 1.54) is 12.4 Å². The van der Waals surface area contributed by atoms with Gasteiger partial charge in [0.15, 0.2) is 0 Å². The molecule has 0 bridgehead atoms. The monoisotopic (exact) mass is 592 g/mol. The van der Waals surface area contributed by atoms with E-state index in [1.54, 1.807) is 0 Å². The number of carbonyl (C=O) groups excluding carboxylic acids is 1. The molecule has 226 valence electrons. The van der Waals surface area contributed by atoms with Crippen molar-refractivity contribution in [3.8, 4) is 34.5 Å². The van der Waals surface area contributed by atoms with Gasteiger partial charge >= 0.3 is 0 Å². The number of nitrogen functional groups attached to an aromatic ring is 1. The van der Waals surface area contributed by atoms with Gasteiger partial charge in [-0.3, -0.25) is 14.5 Å². The van der Waals surface area contributed by atoms with E-state index in [9.17, 15) is 4.79 Å². The highest BCUT2D eigenvalue weighted by atomic mass is 16.5. The molecule has 2 aromatic carbocycles. The predicted molar refractivity (Wildman–Crippen MR) is 170 cm³/mol. The third-order valence-electron chi connectivity index (χ3n) is 8.20. The number of carboxylic acid groups (broad SMARTS) is 1. The number of amides is 1. The van der Waals surface area contributed by atoms with E-state index in [1.807, 2.05) is 71.1 Å². The van der Waals surface area contributed by atoms with Crippen LogP contribution in [0.5, 0.6) is 11.5 Å². The lowest BCUT2D eigenvalue weighted by atomic mass is 10.0. The molecule has 4 heterocycles. The predicted octanol–water partition coefficient (Wildman–Crippen LogP) is 4.56. The molecule has 0 spiro atoms. The molecule has 10 heteroatoms. The molecule has 2 fully saturated rings. The summed E-state index contributed by atoms with van der Waals surface area (Å²) in [5, 5.41) is 7.70. The Morgan fingerprint density at radius 2 is 1.73 bits per heavy atom. The number of rotatable bonds is 5. The Hall–Kier alpha value is -5.14. The lowest BCUT2D eigenvalue weighted by Crippen LogP contribution is -2.45. The molecule has 3 N–H and O–H groups in total. The molecule has 1 atom stereocenters. The molecule has 4 aromatic rings. The van der Waals surface area contributed by atoms with Crippen LogP contribution in [0.2, 0.25) is 0 Å². The molecule has 6 rings (SSSR count). The number of nitrogens with zero attached hydrogens (tertiary/aromatic N) is 5. The third-order valence-corrected chi connectivity index (χ3v) is 8.20. The van der Waals surface area contributed by atoms with Crippen LogP contribution in [-0.2, 0) is 16.6 Å². The minimum Gasteiger partial charge on any atom is -0.483 e. The van der Waals surface area contributed by atoms with E-state index >= 15 is 0 Å². The minimum atomic E-state index is -0.250. The van der Waals surface area contributed by atoms with E-state index in [4.69, 9.17) is 20.4 Å². The molecule has 0 aliphatic carbocycles. The first kappa shape index (κ1) is 30.3. The van der Waals surface area contributed by atoms with Gasteiger partial charge in [-0.05, 0) is 67.6 Å². The smallest absolute Gasteiger partial charge is 0.290 e. The summed E-state index contributed by atoms with van der Waals surface area (Å²) in [7, 11) is 1.98. The molecule has 0 saturated carbocycles. The lowest BCUT2D eigenvalue weighted by Gasteiger charge is -2.36. The average molecular weight is 593 g/mol. The van der Waals surface area contributed by atoms with E-state index < -0.39 is 0 Å². The maximum Gasteiger partial charge on any atom is 0.290 e. The number of piperidine rings is 1. The van der Waals surface area contributed by atoms with Crippen LogP contribution >= 0.6 is 0 Å². The van der Waals surface area contributed by atoms with Crippen LogP contribution in [0.15, 0.2) is 73.6 Å². The van der Waals surface area contributed by atoms with Crippen molar-refractivity contribution in [1.29, 1.82) is 0 Å². The summed E-state index contributed by atoms with van der Waals surface area (Å²) in [6.45, 7) is 6.93. The van der Waals surface area contributed by atoms with Crippen molar-refractivity contribution in [1.82, 2.24) is 24.3 Å². The van der Waals surface area contributed by atoms with Gasteiger partial charge in [-0.15, -0.1) is 0 Å². The summed E-state index contributed by atoms with van der Waals surface area (Å²) in [6, 6.07) is 18.2. The first-order chi connectivity index (χ1) is 21.4. The zero-order chi connectivity index (χ0) is 31.1. The number of hydrogen-bond donors (Lipinski definition) is 2. The highest BCUT2D eigenvalue weighted by molar-refractivity contribution is 6.03. The largest absolute Gasteiger partial charge is 0.483 e. The Labute approximate surface area is 256 Å². The number of benzene rings is 2. The summed E-state index contributed by atoms with van der Waals surface area (Å²) in [5.74, 6) is 9.37. The van der Waals surface area contributed by atoms with Gasteiger partial charge in [0.05, 0.1) is 5.39 Å². The number of nitrogens with two attached hydrogens (primary N) is 1. The SMILES string of the molecule is C=CC(=O)N1CCC(N2CCC(C#Cc3c(-c4ccc(Oc5ccccc5)cc4)c4c(N)ncnc4n3C)C2)CC1.O=CO. The van der Waals surface area contributed by atoms with Crippen molar-refractivity contribution in [3.05, 3.63) is 79.3 Å². The van der Waals surface area contributed by atoms with Crippen LogP contribution in [0.25, 0.3) is 22.2 Å². The zero-order valence-electron chi connectivity index (χ0n) is 24.7. The van der Waals surface area contributed by atoms with Gasteiger partial charge in [-0.2, -0.15) is 0 Å². The van der Waals surface area contributed by atoms with Crippen molar-refractivity contribution < 1.29 is 19.4 Å². The number of likely N-dealkylation sites (tertiary alicyclic amines) is 2. The second kappa shape index (κ2) is 13.9. The van der Waals surface area contributed by atoms with Crippen LogP contribution in [0, 0.1) is 17.8 Å². The molecule has 1 amide bonds. The van der Waals surface area contributed by atoms with Crippen molar-refractivity contribution >= 4 is 29.2 Å². The molecule has 0 radical (unpaired) electrons. The average Bonchev–Trinajstić information content (AvgIpc) is 3.64. The summed E-state index contributed by atoms with van der Waals surface area (Å²) in [5.41, 5.74) is 9.94. The van der Waals surface area contributed by atoms with Crippen molar-refractivity contribution in [2.75, 3.05) is 31.9 Å². The molecule has 2 aliphatic heterocycles. The maximum absolute atomic E-state index is 12.0.